The van der Waals surface area contributed by atoms with Crippen LogP contribution in [0.3, 0.4) is 0 Å². The third-order valence-corrected chi connectivity index (χ3v) is 5.83. The Morgan fingerprint density at radius 3 is 2.06 bits per heavy atom. The zero-order valence-electron chi connectivity index (χ0n) is 21.2. The van der Waals surface area contributed by atoms with Crippen molar-refractivity contribution in [2.75, 3.05) is 6.61 Å². The molecule has 0 N–H and O–H groups in total. The number of benzene rings is 2. The minimum absolute atomic E-state index is 0.114. The summed E-state index contributed by atoms with van der Waals surface area (Å²) in [5, 5.41) is 0. The van der Waals surface area contributed by atoms with E-state index in [1.807, 2.05) is 26.0 Å². The summed E-state index contributed by atoms with van der Waals surface area (Å²) in [7, 11) is 0. The minimum atomic E-state index is -1.21. The summed E-state index contributed by atoms with van der Waals surface area (Å²) in [6, 6.07) is 10.6. The summed E-state index contributed by atoms with van der Waals surface area (Å²) in [6.45, 7) is 9.07. The van der Waals surface area contributed by atoms with Crippen molar-refractivity contribution < 1.29 is 42.9 Å². The van der Waals surface area contributed by atoms with E-state index in [0.717, 1.165) is 11.1 Å². The molecule has 0 amide bonds. The van der Waals surface area contributed by atoms with E-state index in [0.29, 0.717) is 22.4 Å². The van der Waals surface area contributed by atoms with Gasteiger partial charge in [-0.3, -0.25) is 19.2 Å². The molecule has 2 aromatic rings. The Morgan fingerprint density at radius 1 is 0.806 bits per heavy atom. The van der Waals surface area contributed by atoms with Gasteiger partial charge >= 0.3 is 17.9 Å². The van der Waals surface area contributed by atoms with Gasteiger partial charge in [0, 0.05) is 31.9 Å². The third-order valence-electron chi connectivity index (χ3n) is 5.83. The second kappa shape index (κ2) is 11.3. The number of ether oxygens (including phenoxy) is 5. The van der Waals surface area contributed by atoms with Gasteiger partial charge in [0.2, 0.25) is 12.4 Å². The van der Waals surface area contributed by atoms with Crippen LogP contribution in [0.5, 0.6) is 5.75 Å². The van der Waals surface area contributed by atoms with Gasteiger partial charge in [0.15, 0.2) is 18.0 Å². The van der Waals surface area contributed by atoms with Crippen LogP contribution >= 0.6 is 0 Å². The summed E-state index contributed by atoms with van der Waals surface area (Å²) < 4.78 is 27.7. The van der Waals surface area contributed by atoms with E-state index in [4.69, 9.17) is 23.7 Å². The number of ketones is 1. The van der Waals surface area contributed by atoms with E-state index < -0.39 is 42.5 Å². The summed E-state index contributed by atoms with van der Waals surface area (Å²) in [5.41, 5.74) is 3.69. The number of hydrogen-bond donors (Lipinski definition) is 0. The SMILES string of the molecule is CC(=O)O[C@@H]1[C@@H](OC(C)=O)[C@H](Oc2ccc(C(=O)c3cccc(C)c3C)cc2C)OC[C@H]1OC(C)=O. The molecule has 0 unspecified atom stereocenters. The summed E-state index contributed by atoms with van der Waals surface area (Å²) in [4.78, 5) is 48.2. The molecule has 3 rings (SSSR count). The molecule has 9 heteroatoms. The fourth-order valence-electron chi connectivity index (χ4n) is 4.01. The minimum Gasteiger partial charge on any atom is -0.460 e. The van der Waals surface area contributed by atoms with Gasteiger partial charge in [-0.25, -0.2) is 0 Å². The predicted molar refractivity (Wildman–Crippen MR) is 128 cm³/mol. The van der Waals surface area contributed by atoms with Crippen LogP contribution in [0.15, 0.2) is 36.4 Å². The van der Waals surface area contributed by atoms with Gasteiger partial charge in [-0.2, -0.15) is 0 Å². The smallest absolute Gasteiger partial charge is 0.303 e. The standard InChI is InChI=1S/C27H30O9/c1-14-8-7-9-21(16(14)3)24(31)20-10-11-22(15(2)12-20)36-27-26(35-19(6)30)25(34-18(5)29)23(13-32-27)33-17(4)28/h7-12,23,25-27H,13H2,1-6H3/t23-,25+,26-,27+/m1/s1. The molecule has 0 saturated carbocycles. The van der Waals surface area contributed by atoms with Crippen LogP contribution in [-0.4, -0.2) is 54.9 Å². The molecule has 4 atom stereocenters. The Bertz CT molecular complexity index is 1170. The van der Waals surface area contributed by atoms with Crippen LogP contribution in [0.1, 0.15) is 53.4 Å². The molecule has 36 heavy (non-hydrogen) atoms. The van der Waals surface area contributed by atoms with E-state index in [-0.39, 0.29) is 12.4 Å². The predicted octanol–water partition coefficient (Wildman–Crippen LogP) is 3.37. The number of rotatable bonds is 7. The highest BCUT2D eigenvalue weighted by Crippen LogP contribution is 2.29. The molecule has 2 aromatic carbocycles. The average molecular weight is 499 g/mol. The van der Waals surface area contributed by atoms with Crippen molar-refractivity contribution in [3.8, 4) is 5.75 Å². The van der Waals surface area contributed by atoms with Gasteiger partial charge in [0.1, 0.15) is 5.75 Å². The van der Waals surface area contributed by atoms with Crippen molar-refractivity contribution in [2.45, 2.75) is 66.1 Å². The van der Waals surface area contributed by atoms with Crippen LogP contribution in [-0.2, 0) is 33.3 Å². The normalized spacial score (nSPS) is 21.3. The third kappa shape index (κ3) is 6.28. The first-order valence-electron chi connectivity index (χ1n) is 11.5. The lowest BCUT2D eigenvalue weighted by Crippen LogP contribution is -2.59. The summed E-state index contributed by atoms with van der Waals surface area (Å²) in [5.74, 6) is -1.66. The van der Waals surface area contributed by atoms with E-state index in [9.17, 15) is 19.2 Å². The Hall–Kier alpha value is -3.72. The number of aryl methyl sites for hydroxylation is 2. The molecular weight excluding hydrogens is 468 g/mol. The van der Waals surface area contributed by atoms with Crippen molar-refractivity contribution in [3.05, 3.63) is 64.2 Å². The zero-order valence-corrected chi connectivity index (χ0v) is 21.2. The lowest BCUT2D eigenvalue weighted by Gasteiger charge is -2.40. The molecule has 0 radical (unpaired) electrons. The zero-order chi connectivity index (χ0) is 26.6. The van der Waals surface area contributed by atoms with Crippen molar-refractivity contribution in [1.29, 1.82) is 0 Å². The molecule has 0 bridgehead atoms. The van der Waals surface area contributed by atoms with Gasteiger partial charge in [-0.15, -0.1) is 0 Å². The van der Waals surface area contributed by atoms with Crippen LogP contribution in [0.4, 0.5) is 0 Å². The summed E-state index contributed by atoms with van der Waals surface area (Å²) >= 11 is 0. The maximum atomic E-state index is 13.1. The Kier molecular flexibility index (Phi) is 8.47. The molecule has 0 spiro atoms. The largest absolute Gasteiger partial charge is 0.460 e. The highest BCUT2D eigenvalue weighted by molar-refractivity contribution is 6.10. The Morgan fingerprint density at radius 2 is 1.44 bits per heavy atom. The number of carbonyl (C=O) groups excluding carboxylic acids is 4. The van der Waals surface area contributed by atoms with Gasteiger partial charge in [-0.05, 0) is 55.7 Å². The molecule has 1 aliphatic rings. The second-order valence-electron chi connectivity index (χ2n) is 8.67. The number of esters is 3. The van der Waals surface area contributed by atoms with Crippen LogP contribution in [0.25, 0.3) is 0 Å². The molecule has 1 heterocycles. The van der Waals surface area contributed by atoms with Gasteiger partial charge in [0.05, 0.1) is 6.61 Å². The first-order chi connectivity index (χ1) is 17.0. The van der Waals surface area contributed by atoms with Gasteiger partial charge in [0.25, 0.3) is 0 Å². The molecule has 1 aliphatic heterocycles. The van der Waals surface area contributed by atoms with Crippen molar-refractivity contribution in [2.24, 2.45) is 0 Å². The molecule has 9 nitrogen and oxygen atoms in total. The van der Waals surface area contributed by atoms with Crippen LogP contribution in [0.2, 0.25) is 0 Å². The van der Waals surface area contributed by atoms with Crippen molar-refractivity contribution in [1.82, 2.24) is 0 Å². The molecule has 0 aromatic heterocycles. The fourth-order valence-corrected chi connectivity index (χ4v) is 4.01. The van der Waals surface area contributed by atoms with Crippen molar-refractivity contribution in [3.63, 3.8) is 0 Å². The molecule has 1 saturated heterocycles. The van der Waals surface area contributed by atoms with E-state index in [1.54, 1.807) is 31.2 Å². The molecular formula is C27H30O9. The first-order valence-corrected chi connectivity index (χ1v) is 11.5. The molecule has 192 valence electrons. The Labute approximate surface area is 209 Å². The molecule has 1 fully saturated rings. The monoisotopic (exact) mass is 498 g/mol. The highest BCUT2D eigenvalue weighted by atomic mass is 16.7. The van der Waals surface area contributed by atoms with Crippen LogP contribution in [0, 0.1) is 20.8 Å². The summed E-state index contributed by atoms with van der Waals surface area (Å²) in [6.07, 6.45) is -4.50. The average Bonchev–Trinajstić information content (AvgIpc) is 2.79. The topological polar surface area (TPSA) is 114 Å². The number of hydrogen-bond acceptors (Lipinski definition) is 9. The second-order valence-corrected chi connectivity index (χ2v) is 8.67. The fraction of sp³-hybridized carbons (Fsp3) is 0.407. The van der Waals surface area contributed by atoms with Crippen molar-refractivity contribution >= 4 is 23.7 Å². The van der Waals surface area contributed by atoms with E-state index in [1.165, 1.54) is 20.8 Å². The van der Waals surface area contributed by atoms with E-state index in [2.05, 4.69) is 0 Å². The Balaban J connectivity index is 1.87. The first kappa shape index (κ1) is 26.9. The van der Waals surface area contributed by atoms with Crippen LogP contribution < -0.4 is 4.74 Å². The molecule has 0 aliphatic carbocycles. The lowest BCUT2D eigenvalue weighted by atomic mass is 9.95. The van der Waals surface area contributed by atoms with Gasteiger partial charge in [-0.1, -0.05) is 18.2 Å². The lowest BCUT2D eigenvalue weighted by molar-refractivity contribution is -0.259. The maximum absolute atomic E-state index is 13.1. The van der Waals surface area contributed by atoms with E-state index >= 15 is 0 Å². The highest BCUT2D eigenvalue weighted by Gasteiger charge is 2.48. The number of carbonyl (C=O) groups is 4. The van der Waals surface area contributed by atoms with Gasteiger partial charge < -0.3 is 23.7 Å². The maximum Gasteiger partial charge on any atom is 0.303 e. The quantitative estimate of drug-likeness (QED) is 0.322.